The zero-order valence-corrected chi connectivity index (χ0v) is 12.8. The van der Waals surface area contributed by atoms with E-state index in [-0.39, 0.29) is 12.5 Å². The lowest BCUT2D eigenvalue weighted by Gasteiger charge is -2.14. The third-order valence-electron chi connectivity index (χ3n) is 3.10. The van der Waals surface area contributed by atoms with Crippen LogP contribution in [-0.4, -0.2) is 29.4 Å². The van der Waals surface area contributed by atoms with Crippen LogP contribution in [0.1, 0.15) is 11.3 Å². The van der Waals surface area contributed by atoms with Crippen LogP contribution in [-0.2, 0) is 11.3 Å². The zero-order valence-electron chi connectivity index (χ0n) is 12.8. The highest BCUT2D eigenvalue weighted by atomic mass is 16.5. The van der Waals surface area contributed by atoms with Gasteiger partial charge in [-0.1, -0.05) is 18.2 Å². The Labute approximate surface area is 135 Å². The summed E-state index contributed by atoms with van der Waals surface area (Å²) in [5, 5.41) is 8.45. The van der Waals surface area contributed by atoms with Crippen molar-refractivity contribution < 1.29 is 9.53 Å². The summed E-state index contributed by atoms with van der Waals surface area (Å²) < 4.78 is 5.17. The van der Waals surface area contributed by atoms with Crippen molar-refractivity contribution in [2.75, 3.05) is 13.7 Å². The fraction of sp³-hybridized carbons (Fsp3) is 0.167. The summed E-state index contributed by atoms with van der Waals surface area (Å²) in [4.78, 5) is 17.9. The SMILES string of the molecule is CN(Cc1ccccn1)C(=O)/C=C/c1ccc(OCC#N)cc1. The van der Waals surface area contributed by atoms with Crippen LogP contribution in [0, 0.1) is 11.3 Å². The Morgan fingerprint density at radius 3 is 2.74 bits per heavy atom. The first-order chi connectivity index (χ1) is 11.2. The number of hydrogen-bond acceptors (Lipinski definition) is 4. The summed E-state index contributed by atoms with van der Waals surface area (Å²) in [7, 11) is 1.74. The number of ether oxygens (including phenoxy) is 1. The molecule has 0 fully saturated rings. The molecule has 23 heavy (non-hydrogen) atoms. The number of hydrogen-bond donors (Lipinski definition) is 0. The second-order valence-electron chi connectivity index (χ2n) is 4.86. The largest absolute Gasteiger partial charge is 0.479 e. The van der Waals surface area contributed by atoms with Crippen LogP contribution in [0.25, 0.3) is 6.08 Å². The quantitative estimate of drug-likeness (QED) is 0.770. The molecule has 0 aliphatic carbocycles. The molecule has 1 amide bonds. The molecule has 1 aromatic heterocycles. The molecule has 2 aromatic rings. The van der Waals surface area contributed by atoms with Crippen molar-refractivity contribution in [2.45, 2.75) is 6.54 Å². The van der Waals surface area contributed by atoms with Crippen molar-refractivity contribution in [1.82, 2.24) is 9.88 Å². The number of pyridine rings is 1. The van der Waals surface area contributed by atoms with E-state index in [2.05, 4.69) is 4.98 Å². The smallest absolute Gasteiger partial charge is 0.246 e. The third-order valence-corrected chi connectivity index (χ3v) is 3.10. The van der Waals surface area contributed by atoms with Gasteiger partial charge in [0.2, 0.25) is 5.91 Å². The Morgan fingerprint density at radius 2 is 2.09 bits per heavy atom. The van der Waals surface area contributed by atoms with E-state index in [1.165, 1.54) is 6.08 Å². The van der Waals surface area contributed by atoms with Crippen molar-refractivity contribution >= 4 is 12.0 Å². The van der Waals surface area contributed by atoms with Crippen LogP contribution < -0.4 is 4.74 Å². The highest BCUT2D eigenvalue weighted by Crippen LogP contribution is 2.13. The number of benzene rings is 1. The minimum atomic E-state index is -0.0968. The molecule has 2 rings (SSSR count). The summed E-state index contributed by atoms with van der Waals surface area (Å²) in [6.45, 7) is 0.483. The highest BCUT2D eigenvalue weighted by molar-refractivity contribution is 5.91. The topological polar surface area (TPSA) is 66.2 Å². The lowest BCUT2D eigenvalue weighted by atomic mass is 10.2. The molecule has 116 valence electrons. The average molecular weight is 307 g/mol. The van der Waals surface area contributed by atoms with Gasteiger partial charge in [0.25, 0.3) is 0 Å². The molecule has 1 aromatic carbocycles. The Balaban J connectivity index is 1.91. The summed E-state index contributed by atoms with van der Waals surface area (Å²) in [6, 6.07) is 14.7. The molecular formula is C18H17N3O2. The van der Waals surface area contributed by atoms with Gasteiger partial charge in [0.1, 0.15) is 11.8 Å². The average Bonchev–Trinajstić information content (AvgIpc) is 2.59. The minimum absolute atomic E-state index is 0.0198. The van der Waals surface area contributed by atoms with Gasteiger partial charge in [-0.05, 0) is 35.9 Å². The predicted octanol–water partition coefficient (Wildman–Crippen LogP) is 2.66. The molecule has 0 aliphatic rings. The molecule has 0 radical (unpaired) electrons. The van der Waals surface area contributed by atoms with E-state index in [4.69, 9.17) is 10.00 Å². The lowest BCUT2D eigenvalue weighted by molar-refractivity contribution is -0.125. The van der Waals surface area contributed by atoms with Crippen LogP contribution >= 0.6 is 0 Å². The van der Waals surface area contributed by atoms with E-state index in [0.717, 1.165) is 11.3 Å². The summed E-state index contributed by atoms with van der Waals surface area (Å²) in [6.07, 6.45) is 4.97. The van der Waals surface area contributed by atoms with Crippen LogP contribution in [0.15, 0.2) is 54.7 Å². The number of nitriles is 1. The molecule has 0 bridgehead atoms. The van der Waals surface area contributed by atoms with Crippen molar-refractivity contribution in [3.05, 3.63) is 66.0 Å². The van der Waals surface area contributed by atoms with E-state index in [0.29, 0.717) is 12.3 Å². The summed E-state index contributed by atoms with van der Waals surface area (Å²) in [5.74, 6) is 0.530. The van der Waals surface area contributed by atoms with Crippen molar-refractivity contribution in [2.24, 2.45) is 0 Å². The molecular weight excluding hydrogens is 290 g/mol. The van der Waals surface area contributed by atoms with Gasteiger partial charge in [-0.25, -0.2) is 0 Å². The molecule has 0 unspecified atom stereocenters. The second kappa shape index (κ2) is 8.35. The fourth-order valence-corrected chi connectivity index (χ4v) is 1.90. The van der Waals surface area contributed by atoms with Gasteiger partial charge >= 0.3 is 0 Å². The van der Waals surface area contributed by atoms with Crippen LogP contribution in [0.5, 0.6) is 5.75 Å². The molecule has 0 aliphatic heterocycles. The first-order valence-electron chi connectivity index (χ1n) is 7.12. The fourth-order valence-electron chi connectivity index (χ4n) is 1.90. The van der Waals surface area contributed by atoms with Gasteiger partial charge in [-0.2, -0.15) is 5.26 Å². The number of nitrogens with zero attached hydrogens (tertiary/aromatic N) is 3. The van der Waals surface area contributed by atoms with E-state index in [9.17, 15) is 4.79 Å². The maximum Gasteiger partial charge on any atom is 0.246 e. The molecule has 0 N–H and O–H groups in total. The Kier molecular flexibility index (Phi) is 5.89. The number of carbonyl (C=O) groups excluding carboxylic acids is 1. The lowest BCUT2D eigenvalue weighted by Crippen LogP contribution is -2.24. The number of rotatable bonds is 6. The van der Waals surface area contributed by atoms with E-state index in [1.807, 2.05) is 36.4 Å². The van der Waals surface area contributed by atoms with Crippen LogP contribution in [0.2, 0.25) is 0 Å². The van der Waals surface area contributed by atoms with Gasteiger partial charge in [0, 0.05) is 19.3 Å². The monoisotopic (exact) mass is 307 g/mol. The first-order valence-corrected chi connectivity index (χ1v) is 7.12. The minimum Gasteiger partial charge on any atom is -0.479 e. The maximum atomic E-state index is 12.1. The number of aromatic nitrogens is 1. The number of likely N-dealkylation sites (N-methyl/N-ethyl adjacent to an activating group) is 1. The first kappa shape index (κ1) is 16.2. The zero-order chi connectivity index (χ0) is 16.5. The van der Waals surface area contributed by atoms with E-state index >= 15 is 0 Å². The van der Waals surface area contributed by atoms with E-state index in [1.54, 1.807) is 36.4 Å². The van der Waals surface area contributed by atoms with Crippen LogP contribution in [0.4, 0.5) is 0 Å². The van der Waals surface area contributed by atoms with Gasteiger partial charge in [0.15, 0.2) is 6.61 Å². The van der Waals surface area contributed by atoms with Gasteiger partial charge in [-0.15, -0.1) is 0 Å². The molecule has 5 heteroatoms. The van der Waals surface area contributed by atoms with Crippen LogP contribution in [0.3, 0.4) is 0 Å². The Bertz CT molecular complexity index is 703. The van der Waals surface area contributed by atoms with Gasteiger partial charge < -0.3 is 9.64 Å². The summed E-state index contributed by atoms with van der Waals surface area (Å²) >= 11 is 0. The number of amides is 1. The Morgan fingerprint density at radius 1 is 1.30 bits per heavy atom. The standard InChI is InChI=1S/C18H17N3O2/c1-21(14-16-4-2-3-12-20-16)18(22)10-7-15-5-8-17(9-6-15)23-13-11-19/h2-10,12H,13-14H2,1H3/b10-7+. The second-order valence-corrected chi connectivity index (χ2v) is 4.86. The van der Waals surface area contributed by atoms with Gasteiger partial charge in [-0.3, -0.25) is 9.78 Å². The van der Waals surface area contributed by atoms with Crippen molar-refractivity contribution in [3.8, 4) is 11.8 Å². The number of carbonyl (C=O) groups is 1. The normalized spacial score (nSPS) is 10.3. The predicted molar refractivity (Wildman–Crippen MR) is 87.3 cm³/mol. The summed E-state index contributed by atoms with van der Waals surface area (Å²) in [5.41, 5.74) is 1.73. The molecule has 0 atom stereocenters. The third kappa shape index (κ3) is 5.29. The van der Waals surface area contributed by atoms with Gasteiger partial charge in [0.05, 0.1) is 12.2 Å². The molecule has 1 heterocycles. The maximum absolute atomic E-state index is 12.1. The Hall–Kier alpha value is -3.13. The molecule has 5 nitrogen and oxygen atoms in total. The molecule has 0 spiro atoms. The van der Waals surface area contributed by atoms with Crippen molar-refractivity contribution in [1.29, 1.82) is 5.26 Å². The molecule has 0 saturated carbocycles. The molecule has 0 saturated heterocycles. The van der Waals surface area contributed by atoms with E-state index < -0.39 is 0 Å². The highest BCUT2D eigenvalue weighted by Gasteiger charge is 2.06. The van der Waals surface area contributed by atoms with Crippen molar-refractivity contribution in [3.63, 3.8) is 0 Å².